The van der Waals surface area contributed by atoms with Gasteiger partial charge in [-0.15, -0.1) is 0 Å². The number of benzene rings is 1. The van der Waals surface area contributed by atoms with Crippen molar-refractivity contribution in [2.45, 2.75) is 20.3 Å². The molecule has 0 amide bonds. The van der Waals surface area contributed by atoms with E-state index in [1.807, 2.05) is 44.2 Å². The van der Waals surface area contributed by atoms with Crippen molar-refractivity contribution >= 4 is 21.7 Å². The normalized spacial score (nSPS) is 10.4. The van der Waals surface area contributed by atoms with E-state index >= 15 is 0 Å². The van der Waals surface area contributed by atoms with E-state index in [0.29, 0.717) is 12.0 Å². The van der Waals surface area contributed by atoms with Gasteiger partial charge in [-0.25, -0.2) is 0 Å². The van der Waals surface area contributed by atoms with Crippen LogP contribution in [0.3, 0.4) is 0 Å². The number of aromatic nitrogens is 1. The third-order valence-electron chi connectivity index (χ3n) is 3.01. The highest BCUT2D eigenvalue weighted by Gasteiger charge is 2.11. The summed E-state index contributed by atoms with van der Waals surface area (Å²) in [6.07, 6.45) is 0.334. The standard InChI is InChI=1S/C16H16BrNO2/c1-10-6-13(7-11(2)18-10)16(19)9-12-8-14(20-3)4-5-15(12)17/h4-8H,9H2,1-3H3. The third-order valence-corrected chi connectivity index (χ3v) is 3.78. The Kier molecular flexibility index (Phi) is 4.55. The van der Waals surface area contributed by atoms with Gasteiger partial charge in [0.1, 0.15) is 5.75 Å². The second-order valence-corrected chi connectivity index (χ2v) is 5.55. The van der Waals surface area contributed by atoms with Crippen molar-refractivity contribution in [3.8, 4) is 5.75 Å². The molecule has 0 bridgehead atoms. The molecule has 0 N–H and O–H groups in total. The Morgan fingerprint density at radius 3 is 2.45 bits per heavy atom. The zero-order valence-corrected chi connectivity index (χ0v) is 13.3. The second-order valence-electron chi connectivity index (χ2n) is 4.70. The van der Waals surface area contributed by atoms with Crippen LogP contribution >= 0.6 is 15.9 Å². The van der Waals surface area contributed by atoms with Crippen LogP contribution in [0.4, 0.5) is 0 Å². The van der Waals surface area contributed by atoms with Gasteiger partial charge in [-0.2, -0.15) is 0 Å². The van der Waals surface area contributed by atoms with Gasteiger partial charge in [0.15, 0.2) is 5.78 Å². The minimum Gasteiger partial charge on any atom is -0.497 e. The number of ether oxygens (including phenoxy) is 1. The molecule has 4 heteroatoms. The Bertz CT molecular complexity index is 633. The van der Waals surface area contributed by atoms with Gasteiger partial charge < -0.3 is 4.74 Å². The molecule has 0 atom stereocenters. The number of nitrogens with zero attached hydrogens (tertiary/aromatic N) is 1. The number of carbonyl (C=O) groups excluding carboxylic acids is 1. The molecule has 0 saturated heterocycles. The average Bonchev–Trinajstić information content (AvgIpc) is 2.40. The van der Waals surface area contributed by atoms with Crippen LogP contribution < -0.4 is 4.74 Å². The van der Waals surface area contributed by atoms with E-state index in [-0.39, 0.29) is 5.78 Å². The lowest BCUT2D eigenvalue weighted by molar-refractivity contribution is 0.0992. The molecular formula is C16H16BrNO2. The van der Waals surface area contributed by atoms with E-state index in [4.69, 9.17) is 4.74 Å². The fourth-order valence-corrected chi connectivity index (χ4v) is 2.47. The van der Waals surface area contributed by atoms with E-state index in [2.05, 4.69) is 20.9 Å². The van der Waals surface area contributed by atoms with Crippen molar-refractivity contribution in [3.63, 3.8) is 0 Å². The molecular weight excluding hydrogens is 318 g/mol. The lowest BCUT2D eigenvalue weighted by atomic mass is 10.0. The van der Waals surface area contributed by atoms with Gasteiger partial charge in [0.2, 0.25) is 0 Å². The van der Waals surface area contributed by atoms with Gasteiger partial charge in [0, 0.05) is 27.8 Å². The molecule has 0 fully saturated rings. The van der Waals surface area contributed by atoms with E-state index < -0.39 is 0 Å². The predicted molar refractivity (Wildman–Crippen MR) is 82.4 cm³/mol. The Balaban J connectivity index is 2.27. The first-order valence-corrected chi connectivity index (χ1v) is 7.10. The topological polar surface area (TPSA) is 39.2 Å². The summed E-state index contributed by atoms with van der Waals surface area (Å²) in [7, 11) is 1.62. The summed E-state index contributed by atoms with van der Waals surface area (Å²) in [5.41, 5.74) is 3.34. The highest BCUT2D eigenvalue weighted by Crippen LogP contribution is 2.24. The van der Waals surface area contributed by atoms with E-state index in [1.54, 1.807) is 7.11 Å². The Morgan fingerprint density at radius 1 is 1.20 bits per heavy atom. The first kappa shape index (κ1) is 14.7. The zero-order chi connectivity index (χ0) is 14.7. The maximum Gasteiger partial charge on any atom is 0.167 e. The number of aryl methyl sites for hydroxylation is 2. The monoisotopic (exact) mass is 333 g/mol. The summed E-state index contributed by atoms with van der Waals surface area (Å²) >= 11 is 3.47. The SMILES string of the molecule is COc1ccc(Br)c(CC(=O)c2cc(C)nc(C)c2)c1. The maximum atomic E-state index is 12.4. The smallest absolute Gasteiger partial charge is 0.167 e. The summed E-state index contributed by atoms with van der Waals surface area (Å²) in [4.78, 5) is 16.7. The summed E-state index contributed by atoms with van der Waals surface area (Å²) in [5.74, 6) is 0.825. The molecule has 3 nitrogen and oxygen atoms in total. The van der Waals surface area contributed by atoms with Crippen LogP contribution in [0.2, 0.25) is 0 Å². The van der Waals surface area contributed by atoms with Gasteiger partial charge in [-0.1, -0.05) is 15.9 Å². The minimum absolute atomic E-state index is 0.0764. The Hall–Kier alpha value is -1.68. The molecule has 0 spiro atoms. The van der Waals surface area contributed by atoms with Crippen molar-refractivity contribution in [2.75, 3.05) is 7.11 Å². The van der Waals surface area contributed by atoms with E-state index in [9.17, 15) is 4.79 Å². The van der Waals surface area contributed by atoms with Crippen LogP contribution in [-0.4, -0.2) is 17.9 Å². The lowest BCUT2D eigenvalue weighted by Crippen LogP contribution is -2.06. The molecule has 1 heterocycles. The highest BCUT2D eigenvalue weighted by molar-refractivity contribution is 9.10. The van der Waals surface area contributed by atoms with Crippen LogP contribution in [0.5, 0.6) is 5.75 Å². The third kappa shape index (κ3) is 3.45. The van der Waals surface area contributed by atoms with Crippen LogP contribution in [0, 0.1) is 13.8 Å². The molecule has 1 aromatic carbocycles. The fraction of sp³-hybridized carbons (Fsp3) is 0.250. The van der Waals surface area contributed by atoms with Gasteiger partial charge in [-0.05, 0) is 49.7 Å². The number of hydrogen-bond acceptors (Lipinski definition) is 3. The molecule has 20 heavy (non-hydrogen) atoms. The second kappa shape index (κ2) is 6.18. The molecule has 0 unspecified atom stereocenters. The number of Topliss-reactive ketones (excluding diaryl/α,β-unsaturated/α-hetero) is 1. The van der Waals surface area contributed by atoms with Crippen LogP contribution in [0.25, 0.3) is 0 Å². The minimum atomic E-state index is 0.0764. The molecule has 0 radical (unpaired) electrons. The number of hydrogen-bond donors (Lipinski definition) is 0. The van der Waals surface area contributed by atoms with Crippen LogP contribution in [0.15, 0.2) is 34.8 Å². The number of halogens is 1. The molecule has 0 aliphatic rings. The average molecular weight is 334 g/mol. The molecule has 2 aromatic rings. The summed E-state index contributed by atoms with van der Waals surface area (Å²) in [6, 6.07) is 9.28. The number of pyridine rings is 1. The van der Waals surface area contributed by atoms with Crippen molar-refractivity contribution in [3.05, 3.63) is 57.3 Å². The van der Waals surface area contributed by atoms with Crippen LogP contribution in [-0.2, 0) is 6.42 Å². The Labute approximate surface area is 127 Å². The quantitative estimate of drug-likeness (QED) is 0.796. The van der Waals surface area contributed by atoms with Crippen molar-refractivity contribution < 1.29 is 9.53 Å². The zero-order valence-electron chi connectivity index (χ0n) is 11.7. The lowest BCUT2D eigenvalue weighted by Gasteiger charge is -2.08. The van der Waals surface area contributed by atoms with Crippen LogP contribution in [0.1, 0.15) is 27.3 Å². The molecule has 104 valence electrons. The highest BCUT2D eigenvalue weighted by atomic mass is 79.9. The van der Waals surface area contributed by atoms with E-state index in [1.165, 1.54) is 0 Å². The van der Waals surface area contributed by atoms with Crippen molar-refractivity contribution in [1.82, 2.24) is 4.98 Å². The van der Waals surface area contributed by atoms with Crippen molar-refractivity contribution in [2.24, 2.45) is 0 Å². The maximum absolute atomic E-state index is 12.4. The number of carbonyl (C=O) groups is 1. The molecule has 0 aliphatic heterocycles. The largest absolute Gasteiger partial charge is 0.497 e. The first-order valence-electron chi connectivity index (χ1n) is 6.30. The fourth-order valence-electron chi connectivity index (χ4n) is 2.08. The molecule has 0 saturated carbocycles. The van der Waals surface area contributed by atoms with Gasteiger partial charge >= 0.3 is 0 Å². The van der Waals surface area contributed by atoms with Crippen molar-refractivity contribution in [1.29, 1.82) is 0 Å². The van der Waals surface area contributed by atoms with Gasteiger partial charge in [0.05, 0.1) is 7.11 Å². The first-order chi connectivity index (χ1) is 9.49. The molecule has 2 rings (SSSR count). The number of rotatable bonds is 4. The molecule has 0 aliphatic carbocycles. The predicted octanol–water partition coefficient (Wildman–Crippen LogP) is 3.89. The van der Waals surface area contributed by atoms with Gasteiger partial charge in [0.25, 0.3) is 0 Å². The van der Waals surface area contributed by atoms with Gasteiger partial charge in [-0.3, -0.25) is 9.78 Å². The summed E-state index contributed by atoms with van der Waals surface area (Å²) < 4.78 is 6.10. The van der Waals surface area contributed by atoms with E-state index in [0.717, 1.165) is 27.2 Å². The summed E-state index contributed by atoms with van der Waals surface area (Å²) in [6.45, 7) is 3.79. The Morgan fingerprint density at radius 2 is 1.85 bits per heavy atom. The number of methoxy groups -OCH3 is 1. The number of ketones is 1. The molecule has 1 aromatic heterocycles. The summed E-state index contributed by atoms with van der Waals surface area (Å²) in [5, 5.41) is 0.